The van der Waals surface area contributed by atoms with Crippen LogP contribution in [0.1, 0.15) is 15.9 Å². The third-order valence-corrected chi connectivity index (χ3v) is 2.90. The van der Waals surface area contributed by atoms with Crippen LogP contribution in [0.15, 0.2) is 30.6 Å². The summed E-state index contributed by atoms with van der Waals surface area (Å²) in [6.07, 6.45) is 2.54. The lowest BCUT2D eigenvalue weighted by molar-refractivity contribution is 0.0696. The molecule has 1 heterocycles. The number of rotatable bonds is 5. The average molecular weight is 312 g/mol. The molecule has 0 aliphatic rings. The molecule has 0 unspecified atom stereocenters. The van der Waals surface area contributed by atoms with Gasteiger partial charge in [-0.1, -0.05) is 11.6 Å². The molecule has 0 bridgehead atoms. The highest BCUT2D eigenvalue weighted by Crippen LogP contribution is 2.36. The van der Waals surface area contributed by atoms with Crippen LogP contribution in [0.2, 0.25) is 5.02 Å². The summed E-state index contributed by atoms with van der Waals surface area (Å²) in [4.78, 5) is 14.6. The molecule has 0 amide bonds. The van der Waals surface area contributed by atoms with Crippen molar-refractivity contribution in [3.8, 4) is 11.5 Å². The molecule has 0 saturated carbocycles. The first-order valence-electron chi connectivity index (χ1n) is 5.84. The second-order valence-corrected chi connectivity index (χ2v) is 4.50. The predicted molar refractivity (Wildman–Crippen MR) is 73.5 cm³/mol. The number of aromatic carboxylic acids is 1. The van der Waals surface area contributed by atoms with Gasteiger partial charge in [0.2, 0.25) is 0 Å². The summed E-state index contributed by atoms with van der Waals surface area (Å²) >= 11 is 6.00. The highest BCUT2D eigenvalue weighted by Gasteiger charge is 2.15. The molecular weight excluding hydrogens is 301 g/mol. The Morgan fingerprint density at radius 1 is 1.38 bits per heavy atom. The maximum Gasteiger partial charge on any atom is 0.335 e. The van der Waals surface area contributed by atoms with Crippen LogP contribution in [0.4, 0.5) is 4.39 Å². The first-order valence-corrected chi connectivity index (χ1v) is 6.22. The van der Waals surface area contributed by atoms with Crippen molar-refractivity contribution in [1.82, 2.24) is 4.98 Å². The number of halogens is 2. The Bertz CT molecular complexity index is 678. The average Bonchev–Trinajstić information content (AvgIpc) is 2.45. The van der Waals surface area contributed by atoms with Gasteiger partial charge in [-0.05, 0) is 18.2 Å². The molecule has 0 aliphatic heterocycles. The highest BCUT2D eigenvalue weighted by molar-refractivity contribution is 6.32. The number of aromatic nitrogens is 1. The Balaban J connectivity index is 2.25. The Labute approximate surface area is 124 Å². The Kier molecular flexibility index (Phi) is 4.59. The second-order valence-electron chi connectivity index (χ2n) is 4.09. The monoisotopic (exact) mass is 311 g/mol. The minimum atomic E-state index is -1.13. The Hall–Kier alpha value is -2.34. The number of pyridine rings is 1. The van der Waals surface area contributed by atoms with Gasteiger partial charge in [-0.3, -0.25) is 4.98 Å². The smallest absolute Gasteiger partial charge is 0.335 e. The van der Waals surface area contributed by atoms with Crippen LogP contribution in [0.5, 0.6) is 11.5 Å². The van der Waals surface area contributed by atoms with Crippen LogP contribution in [-0.4, -0.2) is 23.2 Å². The van der Waals surface area contributed by atoms with E-state index in [1.165, 1.54) is 31.5 Å². The summed E-state index contributed by atoms with van der Waals surface area (Å²) < 4.78 is 23.6. The van der Waals surface area contributed by atoms with Gasteiger partial charge in [-0.15, -0.1) is 0 Å². The highest BCUT2D eigenvalue weighted by atomic mass is 35.5. The number of ether oxygens (including phenoxy) is 2. The first-order chi connectivity index (χ1) is 10.0. The third kappa shape index (κ3) is 3.61. The van der Waals surface area contributed by atoms with Crippen LogP contribution in [-0.2, 0) is 6.61 Å². The van der Waals surface area contributed by atoms with Crippen molar-refractivity contribution in [2.75, 3.05) is 7.11 Å². The molecule has 0 atom stereocenters. The van der Waals surface area contributed by atoms with Gasteiger partial charge in [0.15, 0.2) is 11.5 Å². The summed E-state index contributed by atoms with van der Waals surface area (Å²) in [6, 6.07) is 3.83. The van der Waals surface area contributed by atoms with Crippen LogP contribution in [0.25, 0.3) is 0 Å². The van der Waals surface area contributed by atoms with Crippen molar-refractivity contribution in [3.63, 3.8) is 0 Å². The molecule has 0 spiro atoms. The van der Waals surface area contributed by atoms with Gasteiger partial charge < -0.3 is 14.6 Å². The fourth-order valence-electron chi connectivity index (χ4n) is 1.67. The van der Waals surface area contributed by atoms with E-state index in [1.54, 1.807) is 0 Å². The van der Waals surface area contributed by atoms with Crippen molar-refractivity contribution in [2.45, 2.75) is 6.61 Å². The standard InChI is InChI=1S/C14H11ClFNO4/c1-20-12-4-9(14(18)19)3-11(15)13(12)21-7-8-2-10(16)6-17-5-8/h2-6H,7H2,1H3,(H,18,19). The maximum absolute atomic E-state index is 13.0. The number of benzene rings is 1. The second kappa shape index (κ2) is 6.41. The van der Waals surface area contributed by atoms with Gasteiger partial charge in [0.05, 0.1) is 23.9 Å². The summed E-state index contributed by atoms with van der Waals surface area (Å²) in [7, 11) is 1.37. The lowest BCUT2D eigenvalue weighted by Gasteiger charge is -2.13. The number of carbonyl (C=O) groups is 1. The molecule has 1 aromatic heterocycles. The van der Waals surface area contributed by atoms with Crippen molar-refractivity contribution in [2.24, 2.45) is 0 Å². The number of methoxy groups -OCH3 is 1. The van der Waals surface area contributed by atoms with Crippen molar-refractivity contribution in [3.05, 3.63) is 52.6 Å². The van der Waals surface area contributed by atoms with Crippen LogP contribution in [0, 0.1) is 5.82 Å². The van der Waals surface area contributed by atoms with Crippen molar-refractivity contribution < 1.29 is 23.8 Å². The largest absolute Gasteiger partial charge is 0.493 e. The zero-order chi connectivity index (χ0) is 15.4. The maximum atomic E-state index is 13.0. The van der Waals surface area contributed by atoms with E-state index in [1.807, 2.05) is 0 Å². The quantitative estimate of drug-likeness (QED) is 0.918. The Morgan fingerprint density at radius 2 is 2.14 bits per heavy atom. The fourth-order valence-corrected chi connectivity index (χ4v) is 1.94. The van der Waals surface area contributed by atoms with Gasteiger partial charge in [-0.25, -0.2) is 9.18 Å². The van der Waals surface area contributed by atoms with Crippen LogP contribution >= 0.6 is 11.6 Å². The number of nitrogens with zero attached hydrogens (tertiary/aromatic N) is 1. The summed E-state index contributed by atoms with van der Waals surface area (Å²) in [5.41, 5.74) is 0.493. The van der Waals surface area contributed by atoms with E-state index in [4.69, 9.17) is 26.2 Å². The number of carboxylic acid groups (broad SMARTS) is 1. The molecule has 1 N–H and O–H groups in total. The molecule has 2 aromatic rings. The van der Waals surface area contributed by atoms with Crippen LogP contribution < -0.4 is 9.47 Å². The minimum Gasteiger partial charge on any atom is -0.493 e. The molecule has 2 rings (SSSR count). The lowest BCUT2D eigenvalue weighted by Crippen LogP contribution is -2.02. The van der Waals surface area contributed by atoms with Crippen LogP contribution in [0.3, 0.4) is 0 Å². The number of hydrogen-bond donors (Lipinski definition) is 1. The van der Waals surface area contributed by atoms with Gasteiger partial charge in [0, 0.05) is 11.8 Å². The molecular formula is C14H11ClFNO4. The normalized spacial score (nSPS) is 10.2. The molecule has 21 heavy (non-hydrogen) atoms. The van der Waals surface area contributed by atoms with Gasteiger partial charge >= 0.3 is 5.97 Å². The van der Waals surface area contributed by atoms with Gasteiger partial charge in [-0.2, -0.15) is 0 Å². The molecule has 7 heteroatoms. The first kappa shape index (κ1) is 15.1. The Morgan fingerprint density at radius 3 is 2.76 bits per heavy atom. The van der Waals surface area contributed by atoms with E-state index >= 15 is 0 Å². The minimum absolute atomic E-state index is 0.0170. The molecule has 0 fully saturated rings. The summed E-state index contributed by atoms with van der Waals surface area (Å²) in [5.74, 6) is -1.23. The van der Waals surface area contributed by atoms with Crippen molar-refractivity contribution >= 4 is 17.6 Å². The number of carboxylic acids is 1. The molecule has 110 valence electrons. The predicted octanol–water partition coefficient (Wildman–Crippen LogP) is 3.16. The van der Waals surface area contributed by atoms with E-state index in [-0.39, 0.29) is 28.7 Å². The van der Waals surface area contributed by atoms with E-state index in [9.17, 15) is 9.18 Å². The molecule has 1 aromatic carbocycles. The molecule has 0 radical (unpaired) electrons. The zero-order valence-electron chi connectivity index (χ0n) is 11.0. The van der Waals surface area contributed by atoms with E-state index < -0.39 is 11.8 Å². The fraction of sp³-hybridized carbons (Fsp3) is 0.143. The topological polar surface area (TPSA) is 68.7 Å². The van der Waals surface area contributed by atoms with Gasteiger partial charge in [0.1, 0.15) is 12.4 Å². The van der Waals surface area contributed by atoms with Gasteiger partial charge in [0.25, 0.3) is 0 Å². The summed E-state index contributed by atoms with van der Waals surface area (Å²) in [6.45, 7) is 0.0211. The molecule has 0 aliphatic carbocycles. The zero-order valence-corrected chi connectivity index (χ0v) is 11.7. The third-order valence-electron chi connectivity index (χ3n) is 2.62. The van der Waals surface area contributed by atoms with E-state index in [0.29, 0.717) is 5.56 Å². The van der Waals surface area contributed by atoms with E-state index in [0.717, 1.165) is 6.20 Å². The SMILES string of the molecule is COc1cc(C(=O)O)cc(Cl)c1OCc1cncc(F)c1. The van der Waals surface area contributed by atoms with E-state index in [2.05, 4.69) is 4.98 Å². The van der Waals surface area contributed by atoms with Crippen molar-refractivity contribution in [1.29, 1.82) is 0 Å². The molecule has 5 nitrogen and oxygen atoms in total. The lowest BCUT2D eigenvalue weighted by atomic mass is 10.2. The number of hydrogen-bond acceptors (Lipinski definition) is 4. The summed E-state index contributed by atoms with van der Waals surface area (Å²) in [5, 5.41) is 9.05. The molecule has 0 saturated heterocycles.